The molecule has 23 heavy (non-hydrogen) atoms. The minimum atomic E-state index is -3.78. The Morgan fingerprint density at radius 1 is 1.09 bits per heavy atom. The molecule has 9 heteroatoms. The summed E-state index contributed by atoms with van der Waals surface area (Å²) < 4.78 is 44.6. The van der Waals surface area contributed by atoms with Crippen LogP contribution in [-0.2, 0) is 17.1 Å². The van der Waals surface area contributed by atoms with Crippen LogP contribution in [-0.4, -0.2) is 39.5 Å². The third-order valence-corrected chi connectivity index (χ3v) is 4.66. The van der Waals surface area contributed by atoms with Gasteiger partial charge >= 0.3 is 0 Å². The molecule has 0 fully saturated rings. The van der Waals surface area contributed by atoms with Crippen molar-refractivity contribution in [2.45, 2.75) is 11.8 Å². The molecule has 1 N–H and O–H groups in total. The van der Waals surface area contributed by atoms with Gasteiger partial charge in [-0.05, 0) is 6.92 Å². The van der Waals surface area contributed by atoms with Gasteiger partial charge in [-0.15, -0.1) is 0 Å². The van der Waals surface area contributed by atoms with Crippen LogP contribution in [0.2, 0.25) is 0 Å². The van der Waals surface area contributed by atoms with Crippen molar-refractivity contribution in [3.63, 3.8) is 0 Å². The monoisotopic (exact) mass is 341 g/mol. The first-order valence-corrected chi connectivity index (χ1v) is 8.13. The first-order chi connectivity index (χ1) is 10.8. The molecule has 2 rings (SSSR count). The topological polar surface area (TPSA) is 91.7 Å². The minimum absolute atomic E-state index is 0.105. The fourth-order valence-corrected chi connectivity index (χ4v) is 3.45. The van der Waals surface area contributed by atoms with Crippen LogP contribution in [0.1, 0.15) is 5.69 Å². The van der Waals surface area contributed by atoms with Crippen LogP contribution in [0.3, 0.4) is 0 Å². The highest BCUT2D eigenvalue weighted by atomic mass is 32.2. The molecule has 0 spiro atoms. The Labute approximate surface area is 135 Å². The van der Waals surface area contributed by atoms with Crippen LogP contribution in [0.15, 0.2) is 23.2 Å². The van der Waals surface area contributed by atoms with E-state index in [4.69, 9.17) is 14.2 Å². The third kappa shape index (κ3) is 3.34. The number of nitrogens with zero attached hydrogens (tertiary/aromatic N) is 2. The van der Waals surface area contributed by atoms with Gasteiger partial charge in [-0.25, -0.2) is 8.42 Å². The maximum Gasteiger partial charge on any atom is 0.265 e. The number of aryl methyl sites for hydroxylation is 2. The van der Waals surface area contributed by atoms with Crippen molar-refractivity contribution < 1.29 is 22.6 Å². The van der Waals surface area contributed by atoms with Gasteiger partial charge in [0.2, 0.25) is 5.75 Å². The summed E-state index contributed by atoms with van der Waals surface area (Å²) in [5, 5.41) is 4.04. The predicted molar refractivity (Wildman–Crippen MR) is 84.9 cm³/mol. The average Bonchev–Trinajstić information content (AvgIpc) is 2.85. The van der Waals surface area contributed by atoms with Crippen LogP contribution in [0.5, 0.6) is 17.2 Å². The van der Waals surface area contributed by atoms with Crippen LogP contribution in [0, 0.1) is 6.92 Å². The zero-order chi connectivity index (χ0) is 17.2. The van der Waals surface area contributed by atoms with Crippen LogP contribution >= 0.6 is 0 Å². The summed E-state index contributed by atoms with van der Waals surface area (Å²) in [6.45, 7) is 1.63. The predicted octanol–water partition coefficient (Wildman–Crippen LogP) is 1.56. The number of rotatable bonds is 6. The van der Waals surface area contributed by atoms with Crippen molar-refractivity contribution >= 4 is 15.7 Å². The van der Waals surface area contributed by atoms with E-state index in [2.05, 4.69) is 9.82 Å². The number of hydrogen-bond acceptors (Lipinski definition) is 6. The van der Waals surface area contributed by atoms with E-state index < -0.39 is 10.0 Å². The number of aromatic nitrogens is 2. The Balaban J connectivity index is 2.45. The molecule has 2 aromatic rings. The molecular weight excluding hydrogens is 322 g/mol. The third-order valence-electron chi connectivity index (χ3n) is 3.17. The van der Waals surface area contributed by atoms with Crippen LogP contribution < -0.4 is 18.9 Å². The normalized spacial score (nSPS) is 11.2. The fraction of sp³-hybridized carbons (Fsp3) is 0.357. The van der Waals surface area contributed by atoms with Gasteiger partial charge in [0.15, 0.2) is 11.5 Å². The van der Waals surface area contributed by atoms with Crippen molar-refractivity contribution in [1.29, 1.82) is 0 Å². The molecule has 1 heterocycles. The summed E-state index contributed by atoms with van der Waals surface area (Å²) in [7, 11) is 2.27. The lowest BCUT2D eigenvalue weighted by molar-refractivity contribution is 0.325. The molecule has 0 bridgehead atoms. The summed E-state index contributed by atoms with van der Waals surface area (Å²) in [6, 6.07) is 3.04. The zero-order valence-electron chi connectivity index (χ0n) is 13.6. The van der Waals surface area contributed by atoms with Crippen LogP contribution in [0.25, 0.3) is 0 Å². The van der Waals surface area contributed by atoms with E-state index in [0.29, 0.717) is 28.6 Å². The number of benzene rings is 1. The number of ether oxygens (including phenoxy) is 3. The SMILES string of the molecule is COc1cc(NS(=O)(=O)c2cn(C)nc2C)cc(OC)c1OC. The van der Waals surface area contributed by atoms with Gasteiger partial charge < -0.3 is 14.2 Å². The molecule has 0 saturated heterocycles. The van der Waals surface area contributed by atoms with Gasteiger partial charge in [0.1, 0.15) is 4.90 Å². The Morgan fingerprint density at radius 3 is 2.04 bits per heavy atom. The van der Waals surface area contributed by atoms with E-state index in [9.17, 15) is 8.42 Å². The Hall–Kier alpha value is -2.42. The molecule has 8 nitrogen and oxygen atoms in total. The second-order valence-corrected chi connectivity index (χ2v) is 6.42. The first kappa shape index (κ1) is 16.9. The highest BCUT2D eigenvalue weighted by Gasteiger charge is 2.22. The molecule has 0 amide bonds. The van der Waals surface area contributed by atoms with Crippen molar-refractivity contribution in [3.8, 4) is 17.2 Å². The molecule has 1 aromatic carbocycles. The van der Waals surface area contributed by atoms with E-state index >= 15 is 0 Å². The standard InChI is InChI=1S/C14H19N3O5S/c1-9-13(8-17(2)15-9)23(18,19)16-10-6-11(20-3)14(22-5)12(7-10)21-4/h6-8,16H,1-5H3. The molecule has 0 atom stereocenters. The highest BCUT2D eigenvalue weighted by Crippen LogP contribution is 2.40. The molecule has 0 aliphatic rings. The molecule has 126 valence electrons. The van der Waals surface area contributed by atoms with Crippen molar-refractivity contribution in [2.75, 3.05) is 26.1 Å². The lowest BCUT2D eigenvalue weighted by Gasteiger charge is -2.15. The quantitative estimate of drug-likeness (QED) is 0.857. The molecule has 0 aliphatic heterocycles. The maximum absolute atomic E-state index is 12.5. The second kappa shape index (κ2) is 6.37. The van der Waals surface area contributed by atoms with Gasteiger partial charge in [0.25, 0.3) is 10.0 Å². The van der Waals surface area contributed by atoms with Gasteiger partial charge in [-0.3, -0.25) is 9.40 Å². The van der Waals surface area contributed by atoms with E-state index in [1.165, 1.54) is 44.3 Å². The molecule has 0 unspecified atom stereocenters. The summed E-state index contributed by atoms with van der Waals surface area (Å²) >= 11 is 0. The Bertz CT molecular complexity index is 789. The largest absolute Gasteiger partial charge is 0.493 e. The summed E-state index contributed by atoms with van der Waals surface area (Å²) in [5.74, 6) is 1.09. The summed E-state index contributed by atoms with van der Waals surface area (Å²) in [5.41, 5.74) is 0.704. The average molecular weight is 341 g/mol. The molecule has 0 aliphatic carbocycles. The van der Waals surface area contributed by atoms with E-state index in [1.54, 1.807) is 14.0 Å². The van der Waals surface area contributed by atoms with Crippen molar-refractivity contribution in [2.24, 2.45) is 7.05 Å². The minimum Gasteiger partial charge on any atom is -0.493 e. The fourth-order valence-electron chi connectivity index (χ4n) is 2.19. The highest BCUT2D eigenvalue weighted by molar-refractivity contribution is 7.92. The Morgan fingerprint density at radius 2 is 1.65 bits per heavy atom. The number of sulfonamides is 1. The molecule has 1 aromatic heterocycles. The summed E-state index contributed by atoms with van der Waals surface area (Å²) in [6.07, 6.45) is 1.44. The van der Waals surface area contributed by atoms with Crippen molar-refractivity contribution in [1.82, 2.24) is 9.78 Å². The number of nitrogens with one attached hydrogen (secondary N) is 1. The van der Waals surface area contributed by atoms with Gasteiger partial charge in [-0.2, -0.15) is 5.10 Å². The van der Waals surface area contributed by atoms with E-state index in [1.807, 2.05) is 0 Å². The van der Waals surface area contributed by atoms with Gasteiger partial charge in [0.05, 0.1) is 32.7 Å². The van der Waals surface area contributed by atoms with Gasteiger partial charge in [0, 0.05) is 25.4 Å². The van der Waals surface area contributed by atoms with E-state index in [0.717, 1.165) is 0 Å². The first-order valence-electron chi connectivity index (χ1n) is 6.65. The molecular formula is C14H19N3O5S. The second-order valence-electron chi connectivity index (χ2n) is 4.77. The lowest BCUT2D eigenvalue weighted by atomic mass is 10.2. The molecule has 0 saturated carbocycles. The number of anilines is 1. The van der Waals surface area contributed by atoms with Crippen LogP contribution in [0.4, 0.5) is 5.69 Å². The van der Waals surface area contributed by atoms with Crippen molar-refractivity contribution in [3.05, 3.63) is 24.0 Å². The number of methoxy groups -OCH3 is 3. The maximum atomic E-state index is 12.5. The van der Waals surface area contributed by atoms with E-state index in [-0.39, 0.29) is 4.90 Å². The Kier molecular flexibility index (Phi) is 4.69. The molecule has 0 radical (unpaired) electrons. The number of hydrogen-bond donors (Lipinski definition) is 1. The van der Waals surface area contributed by atoms with Gasteiger partial charge in [-0.1, -0.05) is 0 Å². The smallest absolute Gasteiger partial charge is 0.265 e. The zero-order valence-corrected chi connectivity index (χ0v) is 14.4. The summed E-state index contributed by atoms with van der Waals surface area (Å²) in [4.78, 5) is 0.105. The lowest BCUT2D eigenvalue weighted by Crippen LogP contribution is -2.13.